The number of carbonyl (C=O) groups excluding carboxylic acids is 1. The van der Waals surface area contributed by atoms with Crippen LogP contribution < -0.4 is 0 Å². The first kappa shape index (κ1) is 10.5. The lowest BCUT2D eigenvalue weighted by molar-refractivity contribution is -0.109. The van der Waals surface area contributed by atoms with Crippen molar-refractivity contribution in [3.05, 3.63) is 0 Å². The second-order valence-electron chi connectivity index (χ2n) is 2.74. The van der Waals surface area contributed by atoms with Gasteiger partial charge in [0.15, 0.2) is 15.0 Å². The van der Waals surface area contributed by atoms with Gasteiger partial charge in [-0.3, -0.25) is 4.79 Å². The molecule has 12 heavy (non-hydrogen) atoms. The van der Waals surface area contributed by atoms with E-state index < -0.39 is 9.84 Å². The monoisotopic (exact) mass is 272 g/mol. The quantitative estimate of drug-likeness (QED) is 0.664. The molecule has 1 heterocycles. The van der Waals surface area contributed by atoms with Gasteiger partial charge in [-0.2, -0.15) is 0 Å². The first-order valence-electron chi connectivity index (χ1n) is 3.42. The summed E-state index contributed by atoms with van der Waals surface area (Å²) in [5.41, 5.74) is 0. The molecule has 6 heteroatoms. The molecule has 2 atom stereocenters. The van der Waals surface area contributed by atoms with Crippen LogP contribution in [0.15, 0.2) is 0 Å². The molecule has 0 aliphatic carbocycles. The Morgan fingerprint density at radius 1 is 1.50 bits per heavy atom. The molecule has 1 rings (SSSR count). The van der Waals surface area contributed by atoms with Crippen LogP contribution in [0.3, 0.4) is 0 Å². The van der Waals surface area contributed by atoms with E-state index in [0.29, 0.717) is 0 Å². The molecule has 0 bridgehead atoms. The Labute approximate surface area is 84.3 Å². The van der Waals surface area contributed by atoms with Crippen molar-refractivity contribution in [3.8, 4) is 0 Å². The molecule has 0 unspecified atom stereocenters. The zero-order chi connectivity index (χ0) is 9.35. The van der Waals surface area contributed by atoms with E-state index in [4.69, 9.17) is 0 Å². The third kappa shape index (κ3) is 2.74. The summed E-state index contributed by atoms with van der Waals surface area (Å²) in [4.78, 5) is 10.6. The molecule has 0 saturated carbocycles. The number of rotatable bonds is 1. The average molecular weight is 273 g/mol. The second-order valence-corrected chi connectivity index (χ2v) is 7.49. The van der Waals surface area contributed by atoms with E-state index in [1.54, 1.807) is 0 Å². The molecule has 0 aromatic carbocycles. The number of sulfone groups is 1. The lowest BCUT2D eigenvalue weighted by Gasteiger charge is -2.07. The van der Waals surface area contributed by atoms with E-state index >= 15 is 0 Å². The summed E-state index contributed by atoms with van der Waals surface area (Å²) in [5, 5.41) is -0.131. The van der Waals surface area contributed by atoms with E-state index in [1.165, 1.54) is 6.92 Å². The van der Waals surface area contributed by atoms with Gasteiger partial charge in [-0.25, -0.2) is 8.42 Å². The Kier molecular flexibility index (Phi) is 3.22. The number of thioether (sulfide) groups is 1. The number of alkyl halides is 1. The number of halogens is 1. The second kappa shape index (κ2) is 3.67. The number of hydrogen-bond acceptors (Lipinski definition) is 4. The van der Waals surface area contributed by atoms with Crippen LogP contribution in [-0.2, 0) is 14.6 Å². The zero-order valence-electron chi connectivity index (χ0n) is 6.49. The molecule has 0 radical (unpaired) electrons. The maximum atomic E-state index is 11.1. The number of hydrogen-bond donors (Lipinski definition) is 0. The highest BCUT2D eigenvalue weighted by molar-refractivity contribution is 9.09. The van der Waals surface area contributed by atoms with E-state index in [-0.39, 0.29) is 26.7 Å². The van der Waals surface area contributed by atoms with Crippen LogP contribution in [0.4, 0.5) is 0 Å². The lowest BCUT2D eigenvalue weighted by atomic mass is 10.4. The van der Waals surface area contributed by atoms with Crippen LogP contribution in [-0.4, -0.2) is 35.1 Å². The third-order valence-corrected chi connectivity index (χ3v) is 6.37. The Hall–Kier alpha value is 0.450. The minimum atomic E-state index is -2.91. The van der Waals surface area contributed by atoms with Gasteiger partial charge in [-0.05, 0) is 0 Å². The lowest BCUT2D eigenvalue weighted by Crippen LogP contribution is -2.15. The minimum absolute atomic E-state index is 0.0263. The Morgan fingerprint density at radius 3 is 2.42 bits per heavy atom. The summed E-state index contributed by atoms with van der Waals surface area (Å²) >= 11 is 4.36. The molecule has 1 aliphatic heterocycles. The Bertz CT molecular complexity index is 285. The largest absolute Gasteiger partial charge is 0.288 e. The molecule has 0 aromatic heterocycles. The average Bonchev–Trinajstić information content (AvgIpc) is 2.03. The molecular formula is C6H9BrO3S2. The summed E-state index contributed by atoms with van der Waals surface area (Å²) in [6.07, 6.45) is 0. The van der Waals surface area contributed by atoms with Gasteiger partial charge in [0.1, 0.15) is 0 Å². The fraction of sp³-hybridized carbons (Fsp3) is 0.833. The van der Waals surface area contributed by atoms with Crippen molar-refractivity contribution in [2.45, 2.75) is 17.0 Å². The van der Waals surface area contributed by atoms with Crippen molar-refractivity contribution in [1.82, 2.24) is 0 Å². The summed E-state index contributed by atoms with van der Waals surface area (Å²) in [6, 6.07) is 0. The van der Waals surface area contributed by atoms with Crippen LogP contribution in [0.25, 0.3) is 0 Å². The smallest absolute Gasteiger partial charge is 0.186 e. The van der Waals surface area contributed by atoms with Crippen molar-refractivity contribution in [1.29, 1.82) is 0 Å². The molecular weight excluding hydrogens is 264 g/mol. The van der Waals surface area contributed by atoms with Crippen LogP contribution in [0.1, 0.15) is 6.92 Å². The van der Waals surface area contributed by atoms with Gasteiger partial charge in [-0.15, -0.1) is 0 Å². The predicted molar refractivity (Wildman–Crippen MR) is 53.4 cm³/mol. The first-order valence-corrected chi connectivity index (χ1v) is 7.04. The minimum Gasteiger partial charge on any atom is -0.288 e. The molecule has 1 fully saturated rings. The molecule has 0 aromatic rings. The van der Waals surface area contributed by atoms with E-state index in [9.17, 15) is 13.2 Å². The highest BCUT2D eigenvalue weighted by atomic mass is 79.9. The van der Waals surface area contributed by atoms with E-state index in [2.05, 4.69) is 15.9 Å². The van der Waals surface area contributed by atoms with Crippen molar-refractivity contribution >= 4 is 42.6 Å². The van der Waals surface area contributed by atoms with E-state index in [1.807, 2.05) is 0 Å². The van der Waals surface area contributed by atoms with E-state index in [0.717, 1.165) is 11.8 Å². The fourth-order valence-corrected chi connectivity index (χ4v) is 6.33. The fourth-order valence-electron chi connectivity index (χ4n) is 1.09. The number of carbonyl (C=O) groups is 1. The zero-order valence-corrected chi connectivity index (χ0v) is 9.71. The van der Waals surface area contributed by atoms with Crippen LogP contribution in [0, 0.1) is 0 Å². The molecule has 3 nitrogen and oxygen atoms in total. The molecule has 70 valence electrons. The summed E-state index contributed by atoms with van der Waals surface area (Å²) in [5.74, 6) is 0.269. The van der Waals surface area contributed by atoms with Gasteiger partial charge in [0.25, 0.3) is 0 Å². The third-order valence-electron chi connectivity index (χ3n) is 1.55. The molecule has 0 spiro atoms. The maximum absolute atomic E-state index is 11.1. The first-order chi connectivity index (χ1) is 5.41. The normalized spacial score (nSPS) is 33.5. The van der Waals surface area contributed by atoms with Gasteiger partial charge in [0.05, 0.1) is 11.5 Å². The van der Waals surface area contributed by atoms with Crippen molar-refractivity contribution < 1.29 is 13.2 Å². The summed E-state index contributed by atoms with van der Waals surface area (Å²) in [6.45, 7) is 1.45. The standard InChI is InChI=1S/C6H9BrO3S2/c1-4(8)11-6-3-12(9,10)2-5(6)7/h5-6H,2-3H2,1H3/t5-,6-/m1/s1. The maximum Gasteiger partial charge on any atom is 0.186 e. The van der Waals surface area contributed by atoms with Crippen LogP contribution in [0.5, 0.6) is 0 Å². The molecule has 0 N–H and O–H groups in total. The molecule has 0 amide bonds. The van der Waals surface area contributed by atoms with Crippen LogP contribution in [0.2, 0.25) is 0 Å². The predicted octanol–water partition coefficient (Wildman–Crippen LogP) is 0.827. The summed E-state index contributed by atoms with van der Waals surface area (Å²) in [7, 11) is -2.91. The Balaban J connectivity index is 2.64. The van der Waals surface area contributed by atoms with Gasteiger partial charge in [0, 0.05) is 17.0 Å². The van der Waals surface area contributed by atoms with Gasteiger partial charge in [0.2, 0.25) is 0 Å². The van der Waals surface area contributed by atoms with Gasteiger partial charge < -0.3 is 0 Å². The highest BCUT2D eigenvalue weighted by Crippen LogP contribution is 2.29. The molecule has 1 aliphatic rings. The molecule has 1 saturated heterocycles. The van der Waals surface area contributed by atoms with Gasteiger partial charge in [-0.1, -0.05) is 27.7 Å². The van der Waals surface area contributed by atoms with Crippen LogP contribution >= 0.6 is 27.7 Å². The Morgan fingerprint density at radius 2 is 2.08 bits per heavy atom. The van der Waals surface area contributed by atoms with Crippen molar-refractivity contribution in [3.63, 3.8) is 0 Å². The van der Waals surface area contributed by atoms with Gasteiger partial charge >= 0.3 is 0 Å². The topological polar surface area (TPSA) is 51.2 Å². The van der Waals surface area contributed by atoms with Crippen molar-refractivity contribution in [2.75, 3.05) is 11.5 Å². The highest BCUT2D eigenvalue weighted by Gasteiger charge is 2.37. The van der Waals surface area contributed by atoms with Crippen molar-refractivity contribution in [2.24, 2.45) is 0 Å². The SMILES string of the molecule is CC(=O)S[C@@H]1CS(=O)(=O)C[C@H]1Br. The summed E-state index contributed by atoms with van der Waals surface area (Å²) < 4.78 is 22.2.